The van der Waals surface area contributed by atoms with Gasteiger partial charge < -0.3 is 10.1 Å². The lowest BCUT2D eigenvalue weighted by Crippen LogP contribution is -2.03. The van der Waals surface area contributed by atoms with Crippen molar-refractivity contribution in [2.45, 2.75) is 0 Å². The van der Waals surface area contributed by atoms with Crippen molar-refractivity contribution in [3.63, 3.8) is 0 Å². The molecule has 4 nitrogen and oxygen atoms in total. The zero-order chi connectivity index (χ0) is 9.68. The maximum absolute atomic E-state index is 4.94. The van der Waals surface area contributed by atoms with E-state index in [0.29, 0.717) is 18.2 Å². The molecule has 1 heterocycles. The summed E-state index contributed by atoms with van der Waals surface area (Å²) in [6.07, 6.45) is 1.44. The molecule has 0 aromatic carbocycles. The largest absolute Gasteiger partial charge is 0.481 e. The molecule has 0 fully saturated rings. The van der Waals surface area contributed by atoms with Gasteiger partial charge in [-0.3, -0.25) is 0 Å². The summed E-state index contributed by atoms with van der Waals surface area (Å²) in [5.74, 6) is 1.25. The van der Waals surface area contributed by atoms with Crippen LogP contribution in [0.25, 0.3) is 0 Å². The highest BCUT2D eigenvalue weighted by molar-refractivity contribution is 9.11. The molecule has 1 aromatic rings. The number of ether oxygens (including phenoxy) is 1. The van der Waals surface area contributed by atoms with E-state index in [0.717, 1.165) is 4.48 Å². The first-order valence-electron chi connectivity index (χ1n) is 3.65. The van der Waals surface area contributed by atoms with Crippen LogP contribution in [0.2, 0.25) is 0 Å². The monoisotopic (exact) mass is 243 g/mol. The van der Waals surface area contributed by atoms with Gasteiger partial charge in [-0.2, -0.15) is 0 Å². The third-order valence-electron chi connectivity index (χ3n) is 1.31. The summed E-state index contributed by atoms with van der Waals surface area (Å²) in [6.45, 7) is 4.32. The number of methoxy groups -OCH3 is 1. The van der Waals surface area contributed by atoms with Crippen LogP contribution in [0.15, 0.2) is 23.5 Å². The maximum atomic E-state index is 4.94. The molecule has 0 amide bonds. The van der Waals surface area contributed by atoms with Crippen molar-refractivity contribution < 1.29 is 4.74 Å². The molecule has 13 heavy (non-hydrogen) atoms. The van der Waals surface area contributed by atoms with Crippen molar-refractivity contribution in [1.29, 1.82) is 0 Å². The Bertz CT molecular complexity index is 303. The van der Waals surface area contributed by atoms with Crippen molar-refractivity contribution >= 4 is 21.7 Å². The van der Waals surface area contributed by atoms with Gasteiger partial charge >= 0.3 is 0 Å². The predicted molar refractivity (Wildman–Crippen MR) is 55.1 cm³/mol. The molecule has 0 saturated heterocycles. The van der Waals surface area contributed by atoms with Crippen LogP contribution in [0, 0.1) is 0 Å². The van der Waals surface area contributed by atoms with Gasteiger partial charge in [0, 0.05) is 17.1 Å². The van der Waals surface area contributed by atoms with E-state index in [1.54, 1.807) is 13.2 Å². The fraction of sp³-hybridized carbons (Fsp3) is 0.250. The molecule has 1 rings (SSSR count). The van der Waals surface area contributed by atoms with Gasteiger partial charge in [-0.15, -0.1) is 0 Å². The molecular weight excluding hydrogens is 234 g/mol. The second-order valence-electron chi connectivity index (χ2n) is 2.32. The number of halogens is 1. The molecule has 0 unspecified atom stereocenters. The zero-order valence-corrected chi connectivity index (χ0v) is 8.84. The number of aromatic nitrogens is 2. The molecule has 0 radical (unpaired) electrons. The lowest BCUT2D eigenvalue weighted by molar-refractivity contribution is 0.397. The first-order valence-corrected chi connectivity index (χ1v) is 4.45. The highest BCUT2D eigenvalue weighted by atomic mass is 79.9. The molecule has 0 atom stereocenters. The van der Waals surface area contributed by atoms with Crippen molar-refractivity contribution in [1.82, 2.24) is 9.97 Å². The Morgan fingerprint density at radius 2 is 2.46 bits per heavy atom. The Kier molecular flexibility index (Phi) is 3.70. The molecule has 0 bridgehead atoms. The number of anilines is 1. The highest BCUT2D eigenvalue weighted by Crippen LogP contribution is 2.11. The molecule has 1 aromatic heterocycles. The van der Waals surface area contributed by atoms with Crippen molar-refractivity contribution in [2.75, 3.05) is 19.0 Å². The van der Waals surface area contributed by atoms with Crippen LogP contribution in [0.4, 0.5) is 5.82 Å². The van der Waals surface area contributed by atoms with E-state index >= 15 is 0 Å². The zero-order valence-electron chi connectivity index (χ0n) is 7.25. The smallest absolute Gasteiger partial charge is 0.218 e. The van der Waals surface area contributed by atoms with Crippen LogP contribution in [0.1, 0.15) is 0 Å². The Hall–Kier alpha value is -1.10. The van der Waals surface area contributed by atoms with E-state index < -0.39 is 0 Å². The Balaban J connectivity index is 2.61. The minimum absolute atomic E-state index is 0.540. The third-order valence-corrected chi connectivity index (χ3v) is 1.59. The molecule has 0 aliphatic heterocycles. The van der Waals surface area contributed by atoms with Gasteiger partial charge in [0.1, 0.15) is 12.1 Å². The van der Waals surface area contributed by atoms with E-state index in [-0.39, 0.29) is 0 Å². The summed E-state index contributed by atoms with van der Waals surface area (Å²) in [5.41, 5.74) is 0. The second-order valence-corrected chi connectivity index (χ2v) is 3.44. The van der Waals surface area contributed by atoms with Gasteiger partial charge in [-0.05, 0) is 0 Å². The van der Waals surface area contributed by atoms with Crippen molar-refractivity contribution in [2.24, 2.45) is 0 Å². The van der Waals surface area contributed by atoms with Gasteiger partial charge in [0.25, 0.3) is 0 Å². The fourth-order valence-corrected chi connectivity index (χ4v) is 0.874. The first kappa shape index (κ1) is 9.98. The molecule has 0 aliphatic rings. The van der Waals surface area contributed by atoms with Gasteiger partial charge in [0.15, 0.2) is 0 Å². The van der Waals surface area contributed by atoms with E-state index in [9.17, 15) is 0 Å². The summed E-state index contributed by atoms with van der Waals surface area (Å²) in [6, 6.07) is 1.72. The summed E-state index contributed by atoms with van der Waals surface area (Å²) >= 11 is 3.24. The normalized spacial score (nSPS) is 9.38. The van der Waals surface area contributed by atoms with Gasteiger partial charge in [-0.1, -0.05) is 22.5 Å². The van der Waals surface area contributed by atoms with Gasteiger partial charge in [-0.25, -0.2) is 9.97 Å². The summed E-state index contributed by atoms with van der Waals surface area (Å²) in [7, 11) is 1.57. The minimum Gasteiger partial charge on any atom is -0.481 e. The Morgan fingerprint density at radius 3 is 3.08 bits per heavy atom. The number of nitrogens with zero attached hydrogens (tertiary/aromatic N) is 2. The van der Waals surface area contributed by atoms with Crippen LogP contribution in [-0.2, 0) is 0 Å². The maximum Gasteiger partial charge on any atom is 0.218 e. The van der Waals surface area contributed by atoms with Crippen LogP contribution >= 0.6 is 15.9 Å². The van der Waals surface area contributed by atoms with Crippen LogP contribution in [-0.4, -0.2) is 23.6 Å². The number of rotatable bonds is 4. The molecule has 70 valence electrons. The first-order chi connectivity index (χ1) is 6.22. The number of nitrogens with one attached hydrogen (secondary N) is 1. The average molecular weight is 244 g/mol. The topological polar surface area (TPSA) is 47.0 Å². The summed E-state index contributed by atoms with van der Waals surface area (Å²) < 4.78 is 5.80. The number of hydrogen-bond acceptors (Lipinski definition) is 4. The Labute approximate surface area is 85.2 Å². The van der Waals surface area contributed by atoms with Crippen LogP contribution < -0.4 is 10.1 Å². The third kappa shape index (κ3) is 3.42. The molecule has 0 aliphatic carbocycles. The molecule has 5 heteroatoms. The molecular formula is C8H10BrN3O. The van der Waals surface area contributed by atoms with Crippen LogP contribution in [0.5, 0.6) is 5.88 Å². The van der Waals surface area contributed by atoms with Crippen molar-refractivity contribution in [3.8, 4) is 5.88 Å². The highest BCUT2D eigenvalue weighted by Gasteiger charge is 1.97. The predicted octanol–water partition coefficient (Wildman–Crippen LogP) is 1.81. The van der Waals surface area contributed by atoms with Crippen LogP contribution in [0.3, 0.4) is 0 Å². The van der Waals surface area contributed by atoms with E-state index in [1.165, 1.54) is 6.33 Å². The van der Waals surface area contributed by atoms with E-state index in [4.69, 9.17) is 4.74 Å². The number of hydrogen-bond donors (Lipinski definition) is 1. The minimum atomic E-state index is 0.540. The quantitative estimate of drug-likeness (QED) is 0.877. The standard InChI is InChI=1S/C8H10BrN3O/c1-6(9)4-10-7-3-8(13-2)12-5-11-7/h3,5H,1,4H2,2H3,(H,10,11,12). The Morgan fingerprint density at radius 1 is 1.69 bits per heavy atom. The molecule has 0 spiro atoms. The van der Waals surface area contributed by atoms with E-state index in [1.807, 2.05) is 0 Å². The van der Waals surface area contributed by atoms with Gasteiger partial charge in [0.05, 0.1) is 7.11 Å². The van der Waals surface area contributed by atoms with Gasteiger partial charge in [0.2, 0.25) is 5.88 Å². The second kappa shape index (κ2) is 4.81. The van der Waals surface area contributed by atoms with Crippen molar-refractivity contribution in [3.05, 3.63) is 23.5 Å². The molecule has 1 N–H and O–H groups in total. The lowest BCUT2D eigenvalue weighted by Gasteiger charge is -2.04. The summed E-state index contributed by atoms with van der Waals surface area (Å²) in [5, 5.41) is 3.04. The summed E-state index contributed by atoms with van der Waals surface area (Å²) in [4.78, 5) is 7.87. The van der Waals surface area contributed by atoms with E-state index in [2.05, 4.69) is 37.8 Å². The average Bonchev–Trinajstić information content (AvgIpc) is 2.15. The lowest BCUT2D eigenvalue weighted by atomic mass is 10.5. The SMILES string of the molecule is C=C(Br)CNc1cc(OC)ncn1. The fourth-order valence-electron chi connectivity index (χ4n) is 0.734. The molecule has 0 saturated carbocycles.